The summed E-state index contributed by atoms with van der Waals surface area (Å²) in [4.78, 5) is 23.6. The molecule has 0 bridgehead atoms. The highest BCUT2D eigenvalue weighted by Crippen LogP contribution is 2.27. The van der Waals surface area contributed by atoms with Crippen LogP contribution in [0.2, 0.25) is 0 Å². The fraction of sp³-hybridized carbons (Fsp3) is 0.0870. The number of hydrogen-bond donors (Lipinski definition) is 1. The van der Waals surface area contributed by atoms with Crippen LogP contribution in [0.5, 0.6) is 0 Å². The molecule has 5 rings (SSSR count). The summed E-state index contributed by atoms with van der Waals surface area (Å²) < 4.78 is 15.2. The number of aromatic nitrogens is 3. The number of nitrogens with one attached hydrogen (secondary N) is 1. The number of carbonyl (C=O) groups excluding carboxylic acids is 1. The van der Waals surface area contributed by atoms with Crippen LogP contribution in [0.1, 0.15) is 21.1 Å². The first-order valence-corrected chi connectivity index (χ1v) is 11.3. The second-order valence-corrected chi connectivity index (χ2v) is 8.90. The number of benzene rings is 2. The minimum atomic E-state index is -0.269. The lowest BCUT2D eigenvalue weighted by Gasteiger charge is -2.02. The monoisotopic (exact) mass is 448 g/mol. The second kappa shape index (κ2) is 8.05. The maximum absolute atomic E-state index is 13.2. The Kier molecular flexibility index (Phi) is 5.09. The van der Waals surface area contributed by atoms with Gasteiger partial charge in [-0.1, -0.05) is 41.7 Å². The van der Waals surface area contributed by atoms with Gasteiger partial charge in [-0.25, -0.2) is 14.4 Å². The topological polar surface area (TPSA) is 59.3 Å². The molecular weight excluding hydrogens is 431 g/mol. The highest BCUT2D eigenvalue weighted by molar-refractivity contribution is 7.17. The van der Waals surface area contributed by atoms with E-state index < -0.39 is 0 Å². The van der Waals surface area contributed by atoms with Crippen LogP contribution in [0.4, 0.5) is 4.39 Å². The van der Waals surface area contributed by atoms with Gasteiger partial charge in [-0.2, -0.15) is 0 Å². The first-order chi connectivity index (χ1) is 15.1. The van der Waals surface area contributed by atoms with Crippen LogP contribution in [-0.4, -0.2) is 20.3 Å². The van der Waals surface area contributed by atoms with E-state index in [-0.39, 0.29) is 11.7 Å². The summed E-state index contributed by atoms with van der Waals surface area (Å²) in [6, 6.07) is 16.1. The van der Waals surface area contributed by atoms with E-state index in [2.05, 4.69) is 15.3 Å². The molecule has 0 aliphatic carbocycles. The van der Waals surface area contributed by atoms with Crippen LogP contribution < -0.4 is 5.32 Å². The van der Waals surface area contributed by atoms with Gasteiger partial charge in [0.05, 0.1) is 12.2 Å². The molecule has 2 aromatic carbocycles. The van der Waals surface area contributed by atoms with Gasteiger partial charge in [0, 0.05) is 33.3 Å². The summed E-state index contributed by atoms with van der Waals surface area (Å²) in [6.45, 7) is 2.40. The average Bonchev–Trinajstić information content (AvgIpc) is 3.50. The highest BCUT2D eigenvalue weighted by Gasteiger charge is 2.16. The van der Waals surface area contributed by atoms with Crippen molar-refractivity contribution in [2.24, 2.45) is 0 Å². The van der Waals surface area contributed by atoms with E-state index in [0.717, 1.165) is 37.4 Å². The molecule has 1 N–H and O–H groups in total. The van der Waals surface area contributed by atoms with Gasteiger partial charge in [0.2, 0.25) is 0 Å². The van der Waals surface area contributed by atoms with E-state index in [9.17, 15) is 9.18 Å². The van der Waals surface area contributed by atoms with Gasteiger partial charge in [-0.05, 0) is 31.2 Å². The Bertz CT molecular complexity index is 1370. The summed E-state index contributed by atoms with van der Waals surface area (Å²) in [6.07, 6.45) is 1.94. The quantitative estimate of drug-likeness (QED) is 0.383. The number of amides is 1. The third-order valence-electron chi connectivity index (χ3n) is 4.96. The lowest BCUT2D eigenvalue weighted by atomic mass is 10.2. The van der Waals surface area contributed by atoms with Gasteiger partial charge in [0.15, 0.2) is 4.96 Å². The largest absolute Gasteiger partial charge is 0.346 e. The van der Waals surface area contributed by atoms with Crippen molar-refractivity contribution in [3.8, 4) is 21.8 Å². The molecule has 0 spiro atoms. The SMILES string of the molecule is Cc1c(CNC(=O)c2csc(-c3ccccc3)n2)sc2nc(-c3ccc(F)cc3)cn12. The number of carbonyl (C=O) groups is 1. The predicted molar refractivity (Wildman–Crippen MR) is 122 cm³/mol. The van der Waals surface area contributed by atoms with Crippen molar-refractivity contribution in [2.75, 3.05) is 0 Å². The molecule has 0 aliphatic rings. The second-order valence-electron chi connectivity index (χ2n) is 6.98. The zero-order valence-electron chi connectivity index (χ0n) is 16.5. The first-order valence-electron chi connectivity index (χ1n) is 9.61. The molecule has 0 unspecified atom stereocenters. The molecular formula is C23H17FN4OS2. The number of nitrogens with zero attached hydrogens (tertiary/aromatic N) is 3. The Hall–Kier alpha value is -3.36. The number of thiazole rings is 2. The third kappa shape index (κ3) is 3.87. The zero-order valence-corrected chi connectivity index (χ0v) is 18.1. The molecule has 1 amide bonds. The molecule has 0 aliphatic heterocycles. The number of hydrogen-bond acceptors (Lipinski definition) is 5. The van der Waals surface area contributed by atoms with Crippen molar-refractivity contribution >= 4 is 33.5 Å². The molecule has 5 nitrogen and oxygen atoms in total. The average molecular weight is 449 g/mol. The maximum Gasteiger partial charge on any atom is 0.271 e. The Morgan fingerprint density at radius 3 is 2.58 bits per heavy atom. The van der Waals surface area contributed by atoms with E-state index in [1.807, 2.05) is 47.9 Å². The zero-order chi connectivity index (χ0) is 21.4. The smallest absolute Gasteiger partial charge is 0.271 e. The Balaban J connectivity index is 1.30. The van der Waals surface area contributed by atoms with E-state index in [4.69, 9.17) is 0 Å². The highest BCUT2D eigenvalue weighted by atomic mass is 32.1. The Morgan fingerprint density at radius 1 is 1.06 bits per heavy atom. The van der Waals surface area contributed by atoms with Crippen molar-refractivity contribution in [1.29, 1.82) is 0 Å². The molecule has 0 fully saturated rings. The Morgan fingerprint density at radius 2 is 1.84 bits per heavy atom. The van der Waals surface area contributed by atoms with Crippen molar-refractivity contribution in [3.63, 3.8) is 0 Å². The standard InChI is InChI=1S/C23H17FN4OS2/c1-14-20(31-23-27-18(12-28(14)23)15-7-9-17(24)10-8-15)11-25-21(29)19-13-30-22(26-19)16-5-3-2-4-6-16/h2-10,12-13H,11H2,1H3,(H,25,29). The number of halogens is 1. The van der Waals surface area contributed by atoms with Gasteiger partial charge in [-0.3, -0.25) is 9.20 Å². The maximum atomic E-state index is 13.2. The first kappa shape index (κ1) is 19.6. The number of rotatable bonds is 5. The van der Waals surface area contributed by atoms with Gasteiger partial charge >= 0.3 is 0 Å². The van der Waals surface area contributed by atoms with E-state index in [1.54, 1.807) is 17.5 Å². The molecule has 5 aromatic rings. The van der Waals surface area contributed by atoms with Gasteiger partial charge in [-0.15, -0.1) is 11.3 Å². The van der Waals surface area contributed by atoms with Crippen molar-refractivity contribution in [2.45, 2.75) is 13.5 Å². The van der Waals surface area contributed by atoms with Crippen molar-refractivity contribution in [1.82, 2.24) is 19.7 Å². The van der Waals surface area contributed by atoms with E-state index in [1.165, 1.54) is 34.8 Å². The van der Waals surface area contributed by atoms with Crippen molar-refractivity contribution in [3.05, 3.63) is 88.3 Å². The molecule has 0 atom stereocenters. The summed E-state index contributed by atoms with van der Waals surface area (Å²) in [5.74, 6) is -0.467. The van der Waals surface area contributed by atoms with E-state index >= 15 is 0 Å². The summed E-state index contributed by atoms with van der Waals surface area (Å²) in [7, 11) is 0. The van der Waals surface area contributed by atoms with Crippen LogP contribution >= 0.6 is 22.7 Å². The number of aryl methyl sites for hydroxylation is 1. The minimum Gasteiger partial charge on any atom is -0.346 e. The van der Waals surface area contributed by atoms with E-state index in [0.29, 0.717) is 12.2 Å². The molecule has 8 heteroatoms. The molecule has 154 valence electrons. The summed E-state index contributed by atoms with van der Waals surface area (Å²) in [5, 5.41) is 5.56. The van der Waals surface area contributed by atoms with Gasteiger partial charge < -0.3 is 5.32 Å². The van der Waals surface area contributed by atoms with Crippen LogP contribution in [0.15, 0.2) is 66.2 Å². The lowest BCUT2D eigenvalue weighted by molar-refractivity contribution is 0.0947. The lowest BCUT2D eigenvalue weighted by Crippen LogP contribution is -2.23. The van der Waals surface area contributed by atoms with Gasteiger partial charge in [0.25, 0.3) is 5.91 Å². The van der Waals surface area contributed by atoms with Gasteiger partial charge in [0.1, 0.15) is 16.5 Å². The van der Waals surface area contributed by atoms with Crippen LogP contribution in [0, 0.1) is 12.7 Å². The normalized spacial score (nSPS) is 11.2. The van der Waals surface area contributed by atoms with Crippen LogP contribution in [0.25, 0.3) is 26.8 Å². The number of imidazole rings is 1. The van der Waals surface area contributed by atoms with Crippen LogP contribution in [-0.2, 0) is 6.54 Å². The molecule has 0 radical (unpaired) electrons. The minimum absolute atomic E-state index is 0.198. The molecule has 3 aromatic heterocycles. The Labute approximate surface area is 185 Å². The molecule has 31 heavy (non-hydrogen) atoms. The molecule has 0 saturated heterocycles. The fourth-order valence-electron chi connectivity index (χ4n) is 3.26. The fourth-order valence-corrected chi connectivity index (χ4v) is 5.11. The summed E-state index contributed by atoms with van der Waals surface area (Å²) >= 11 is 2.98. The van der Waals surface area contributed by atoms with Crippen molar-refractivity contribution < 1.29 is 9.18 Å². The van der Waals surface area contributed by atoms with Crippen LogP contribution in [0.3, 0.4) is 0 Å². The number of fused-ring (bicyclic) bond motifs is 1. The predicted octanol–water partition coefficient (Wildman–Crippen LogP) is 5.56. The third-order valence-corrected chi connectivity index (χ3v) is 7.01. The molecule has 0 saturated carbocycles. The summed E-state index contributed by atoms with van der Waals surface area (Å²) in [5.41, 5.74) is 4.09. The molecule has 3 heterocycles.